The van der Waals surface area contributed by atoms with Gasteiger partial charge in [0, 0.05) is 13.1 Å². The molecule has 0 bridgehead atoms. The van der Waals surface area contributed by atoms with E-state index in [4.69, 9.17) is 9.47 Å². The first-order valence-electron chi connectivity index (χ1n) is 4.31. The van der Waals surface area contributed by atoms with Gasteiger partial charge in [-0.15, -0.1) is 12.4 Å². The van der Waals surface area contributed by atoms with E-state index in [1.54, 1.807) is 6.92 Å². The summed E-state index contributed by atoms with van der Waals surface area (Å²) >= 11 is 0. The number of esters is 1. The van der Waals surface area contributed by atoms with Gasteiger partial charge in [-0.1, -0.05) is 0 Å². The predicted molar refractivity (Wildman–Crippen MR) is 51.1 cm³/mol. The van der Waals surface area contributed by atoms with Crippen LogP contribution in [0, 0.1) is 0 Å². The Morgan fingerprint density at radius 2 is 2.46 bits per heavy atom. The van der Waals surface area contributed by atoms with Gasteiger partial charge in [-0.2, -0.15) is 0 Å². The molecule has 13 heavy (non-hydrogen) atoms. The molecule has 1 aliphatic heterocycles. The third kappa shape index (κ3) is 5.08. The van der Waals surface area contributed by atoms with Gasteiger partial charge in [0.1, 0.15) is 0 Å². The Kier molecular flexibility index (Phi) is 6.94. The summed E-state index contributed by atoms with van der Waals surface area (Å²) in [6.45, 7) is 4.55. The molecule has 0 aromatic heterocycles. The first-order chi connectivity index (χ1) is 5.83. The van der Waals surface area contributed by atoms with Gasteiger partial charge in [-0.05, 0) is 6.92 Å². The summed E-state index contributed by atoms with van der Waals surface area (Å²) in [6, 6.07) is 0. The topological polar surface area (TPSA) is 47.6 Å². The summed E-state index contributed by atoms with van der Waals surface area (Å²) in [5.74, 6) is -0.175. The smallest absolute Gasteiger partial charge is 0.308 e. The SMILES string of the molecule is CCOC(=O)C[C@@H]1CNCCO1.Cl. The van der Waals surface area contributed by atoms with Crippen molar-refractivity contribution in [3.8, 4) is 0 Å². The molecule has 0 unspecified atom stereocenters. The van der Waals surface area contributed by atoms with Crippen molar-refractivity contribution in [1.82, 2.24) is 5.32 Å². The molecule has 1 rings (SSSR count). The molecule has 0 aromatic carbocycles. The normalized spacial score (nSPS) is 21.8. The number of carbonyl (C=O) groups is 1. The lowest BCUT2D eigenvalue weighted by atomic mass is 10.2. The minimum atomic E-state index is -0.175. The number of carbonyl (C=O) groups excluding carboxylic acids is 1. The van der Waals surface area contributed by atoms with Crippen molar-refractivity contribution in [3.05, 3.63) is 0 Å². The van der Waals surface area contributed by atoms with Crippen LogP contribution in [-0.2, 0) is 14.3 Å². The fourth-order valence-electron chi connectivity index (χ4n) is 1.16. The number of nitrogens with one attached hydrogen (secondary N) is 1. The Balaban J connectivity index is 0.00000144. The molecular weight excluding hydrogens is 194 g/mol. The van der Waals surface area contributed by atoms with Crippen molar-refractivity contribution in [2.24, 2.45) is 0 Å². The van der Waals surface area contributed by atoms with Gasteiger partial charge in [0.2, 0.25) is 0 Å². The largest absolute Gasteiger partial charge is 0.466 e. The monoisotopic (exact) mass is 209 g/mol. The van der Waals surface area contributed by atoms with E-state index in [1.165, 1.54) is 0 Å². The zero-order valence-corrected chi connectivity index (χ0v) is 8.56. The van der Waals surface area contributed by atoms with Crippen LogP contribution in [0.4, 0.5) is 0 Å². The van der Waals surface area contributed by atoms with Crippen molar-refractivity contribution >= 4 is 18.4 Å². The van der Waals surface area contributed by atoms with E-state index in [0.717, 1.165) is 13.1 Å². The molecule has 0 aromatic rings. The van der Waals surface area contributed by atoms with Crippen LogP contribution in [0.25, 0.3) is 0 Å². The minimum Gasteiger partial charge on any atom is -0.466 e. The van der Waals surface area contributed by atoms with E-state index in [9.17, 15) is 4.79 Å². The molecule has 1 saturated heterocycles. The van der Waals surface area contributed by atoms with Crippen LogP contribution in [0.2, 0.25) is 0 Å². The molecule has 78 valence electrons. The van der Waals surface area contributed by atoms with Gasteiger partial charge < -0.3 is 14.8 Å². The number of halogens is 1. The number of morpholine rings is 1. The Hall–Kier alpha value is -0.320. The average Bonchev–Trinajstić information content (AvgIpc) is 2.06. The Morgan fingerprint density at radius 1 is 1.69 bits per heavy atom. The molecule has 1 heterocycles. The molecule has 0 amide bonds. The molecule has 0 saturated carbocycles. The zero-order chi connectivity index (χ0) is 8.81. The molecule has 0 radical (unpaired) electrons. The second kappa shape index (κ2) is 7.12. The van der Waals surface area contributed by atoms with Crippen LogP contribution >= 0.6 is 12.4 Å². The summed E-state index contributed by atoms with van der Waals surface area (Å²) in [7, 11) is 0. The first-order valence-corrected chi connectivity index (χ1v) is 4.31. The molecule has 1 fully saturated rings. The highest BCUT2D eigenvalue weighted by Crippen LogP contribution is 2.02. The molecule has 4 nitrogen and oxygen atoms in total. The standard InChI is InChI=1S/C8H15NO3.ClH/c1-2-11-8(10)5-7-6-9-3-4-12-7;/h7,9H,2-6H2,1H3;1H/t7-;/m1./s1. The van der Waals surface area contributed by atoms with Crippen molar-refractivity contribution in [2.75, 3.05) is 26.3 Å². The van der Waals surface area contributed by atoms with Gasteiger partial charge in [0.15, 0.2) is 0 Å². The van der Waals surface area contributed by atoms with Crippen LogP contribution in [0.3, 0.4) is 0 Å². The van der Waals surface area contributed by atoms with Gasteiger partial charge in [0.25, 0.3) is 0 Å². The van der Waals surface area contributed by atoms with Crippen molar-refractivity contribution in [2.45, 2.75) is 19.4 Å². The number of ether oxygens (including phenoxy) is 2. The molecule has 1 atom stereocenters. The van der Waals surface area contributed by atoms with E-state index in [-0.39, 0.29) is 24.5 Å². The average molecular weight is 210 g/mol. The lowest BCUT2D eigenvalue weighted by Gasteiger charge is -2.22. The quantitative estimate of drug-likeness (QED) is 0.682. The van der Waals surface area contributed by atoms with Gasteiger partial charge >= 0.3 is 5.97 Å². The molecule has 0 spiro atoms. The maximum atomic E-state index is 11.0. The molecule has 1 N–H and O–H groups in total. The van der Waals surface area contributed by atoms with Crippen molar-refractivity contribution < 1.29 is 14.3 Å². The van der Waals surface area contributed by atoms with E-state index in [0.29, 0.717) is 19.6 Å². The first kappa shape index (κ1) is 12.7. The number of rotatable bonds is 3. The highest BCUT2D eigenvalue weighted by Gasteiger charge is 2.17. The van der Waals surface area contributed by atoms with E-state index in [1.807, 2.05) is 0 Å². The van der Waals surface area contributed by atoms with E-state index in [2.05, 4.69) is 5.32 Å². The summed E-state index contributed by atoms with van der Waals surface area (Å²) < 4.78 is 10.1. The lowest BCUT2D eigenvalue weighted by molar-refractivity contribution is -0.146. The van der Waals surface area contributed by atoms with Crippen molar-refractivity contribution in [3.63, 3.8) is 0 Å². The Bertz CT molecular complexity index is 148. The maximum Gasteiger partial charge on any atom is 0.308 e. The molecule has 5 heteroatoms. The van der Waals surface area contributed by atoms with Crippen LogP contribution in [0.15, 0.2) is 0 Å². The number of hydrogen-bond donors (Lipinski definition) is 1. The predicted octanol–water partition coefficient (Wildman–Crippen LogP) is 0.350. The summed E-state index contributed by atoms with van der Waals surface area (Å²) in [6.07, 6.45) is 0.360. The molecular formula is C8H16ClNO3. The third-order valence-electron chi connectivity index (χ3n) is 1.70. The second-order valence-electron chi connectivity index (χ2n) is 2.71. The van der Waals surface area contributed by atoms with Gasteiger partial charge in [0.05, 0.1) is 25.7 Å². The Labute approximate surface area is 84.4 Å². The van der Waals surface area contributed by atoms with Crippen LogP contribution in [-0.4, -0.2) is 38.4 Å². The zero-order valence-electron chi connectivity index (χ0n) is 7.75. The summed E-state index contributed by atoms with van der Waals surface area (Å²) in [4.78, 5) is 11.0. The lowest BCUT2D eigenvalue weighted by Crippen LogP contribution is -2.39. The number of hydrogen-bond acceptors (Lipinski definition) is 4. The highest BCUT2D eigenvalue weighted by molar-refractivity contribution is 5.85. The van der Waals surface area contributed by atoms with Gasteiger partial charge in [-0.25, -0.2) is 0 Å². The fourth-order valence-corrected chi connectivity index (χ4v) is 1.16. The third-order valence-corrected chi connectivity index (χ3v) is 1.70. The van der Waals surface area contributed by atoms with Crippen LogP contribution in [0.1, 0.15) is 13.3 Å². The van der Waals surface area contributed by atoms with Crippen LogP contribution in [0.5, 0.6) is 0 Å². The fraction of sp³-hybridized carbons (Fsp3) is 0.875. The highest BCUT2D eigenvalue weighted by atomic mass is 35.5. The maximum absolute atomic E-state index is 11.0. The van der Waals surface area contributed by atoms with Crippen LogP contribution < -0.4 is 5.32 Å². The molecule has 1 aliphatic rings. The van der Waals surface area contributed by atoms with E-state index >= 15 is 0 Å². The van der Waals surface area contributed by atoms with Gasteiger partial charge in [-0.3, -0.25) is 4.79 Å². The summed E-state index contributed by atoms with van der Waals surface area (Å²) in [5, 5.41) is 3.15. The summed E-state index contributed by atoms with van der Waals surface area (Å²) in [5.41, 5.74) is 0. The van der Waals surface area contributed by atoms with Crippen molar-refractivity contribution in [1.29, 1.82) is 0 Å². The molecule has 0 aliphatic carbocycles. The minimum absolute atomic E-state index is 0. The van der Waals surface area contributed by atoms with E-state index < -0.39 is 0 Å². The Morgan fingerprint density at radius 3 is 3.00 bits per heavy atom. The second-order valence-corrected chi connectivity index (χ2v) is 2.71.